The molecule has 0 aliphatic rings. The van der Waals surface area contributed by atoms with E-state index in [-0.39, 0.29) is 24.5 Å². The van der Waals surface area contributed by atoms with E-state index in [0.717, 1.165) is 0 Å². The Morgan fingerprint density at radius 1 is 1.18 bits per heavy atom. The molecule has 0 aromatic heterocycles. The van der Waals surface area contributed by atoms with Crippen LogP contribution < -0.4 is 19.9 Å². The van der Waals surface area contributed by atoms with Crippen molar-refractivity contribution in [3.63, 3.8) is 0 Å². The lowest BCUT2D eigenvalue weighted by molar-refractivity contribution is -0.384. The Balaban J connectivity index is 1.96. The molecule has 9 nitrogen and oxygen atoms in total. The monoisotopic (exact) mass is 383 g/mol. The zero-order valence-electron chi connectivity index (χ0n) is 15.0. The average molecular weight is 383 g/mol. The van der Waals surface area contributed by atoms with Gasteiger partial charge in [-0.05, 0) is 35.9 Å². The van der Waals surface area contributed by atoms with Gasteiger partial charge in [0.05, 0.1) is 12.0 Å². The fourth-order valence-electron chi connectivity index (χ4n) is 2.19. The number of benzene rings is 2. The fourth-order valence-corrected chi connectivity index (χ4v) is 2.19. The summed E-state index contributed by atoms with van der Waals surface area (Å²) in [5, 5.41) is 19.5. The third-order valence-electron chi connectivity index (χ3n) is 3.54. The number of methoxy groups -OCH3 is 1. The summed E-state index contributed by atoms with van der Waals surface area (Å²) in [6.07, 6.45) is 1.35. The van der Waals surface area contributed by atoms with Gasteiger partial charge in [0.25, 0.3) is 11.6 Å². The second-order valence-electron chi connectivity index (χ2n) is 5.39. The number of nitro benzene ring substituents is 1. The minimum absolute atomic E-state index is 0.0154. The molecule has 0 radical (unpaired) electrons. The number of nitrogens with zero attached hydrogens (tertiary/aromatic N) is 2. The van der Waals surface area contributed by atoms with Gasteiger partial charge in [-0.25, -0.2) is 0 Å². The SMILES string of the molecule is COc1cc(/C=C(/C#N)C(N)=O)ccc1OCCOc1ccc([N+](=O)[O-])cc1. The number of hydrogen-bond donors (Lipinski definition) is 1. The first-order valence-corrected chi connectivity index (χ1v) is 8.04. The zero-order chi connectivity index (χ0) is 20.5. The highest BCUT2D eigenvalue weighted by Crippen LogP contribution is 2.29. The van der Waals surface area contributed by atoms with Gasteiger partial charge in [-0.1, -0.05) is 6.07 Å². The van der Waals surface area contributed by atoms with E-state index in [0.29, 0.717) is 22.8 Å². The molecule has 2 aromatic carbocycles. The predicted molar refractivity (Wildman–Crippen MR) is 99.9 cm³/mol. The quantitative estimate of drug-likeness (QED) is 0.231. The van der Waals surface area contributed by atoms with Crippen molar-refractivity contribution < 1.29 is 23.9 Å². The van der Waals surface area contributed by atoms with Crippen LogP contribution in [0.25, 0.3) is 6.08 Å². The molecule has 0 unspecified atom stereocenters. The molecule has 0 aliphatic heterocycles. The van der Waals surface area contributed by atoms with Crippen LogP contribution in [0, 0.1) is 21.4 Å². The van der Waals surface area contributed by atoms with Crippen LogP contribution in [0.5, 0.6) is 17.2 Å². The second kappa shape index (κ2) is 9.59. The summed E-state index contributed by atoms with van der Waals surface area (Å²) >= 11 is 0. The van der Waals surface area contributed by atoms with Crippen molar-refractivity contribution >= 4 is 17.7 Å². The Kier molecular flexibility index (Phi) is 6.93. The second-order valence-corrected chi connectivity index (χ2v) is 5.39. The summed E-state index contributed by atoms with van der Waals surface area (Å²) in [6, 6.07) is 12.3. The topological polar surface area (TPSA) is 138 Å². The number of rotatable bonds is 9. The number of amides is 1. The van der Waals surface area contributed by atoms with E-state index in [4.69, 9.17) is 25.2 Å². The summed E-state index contributed by atoms with van der Waals surface area (Å²) in [6.45, 7) is 0.413. The Morgan fingerprint density at radius 2 is 1.86 bits per heavy atom. The Labute approximate surface area is 160 Å². The molecule has 0 atom stereocenters. The standard InChI is InChI=1S/C19H17N3O6/c1-26-18-11-13(10-14(12-20)19(21)23)2-7-17(18)28-9-8-27-16-5-3-15(4-6-16)22(24)25/h2-7,10-11H,8-9H2,1H3,(H2,21,23)/b14-10-. The average Bonchev–Trinajstić information content (AvgIpc) is 2.69. The molecule has 144 valence electrons. The third-order valence-corrected chi connectivity index (χ3v) is 3.54. The van der Waals surface area contributed by atoms with Gasteiger partial charge >= 0.3 is 0 Å². The highest BCUT2D eigenvalue weighted by molar-refractivity contribution is 6.00. The lowest BCUT2D eigenvalue weighted by atomic mass is 10.1. The van der Waals surface area contributed by atoms with Crippen LogP contribution in [0.3, 0.4) is 0 Å². The number of ether oxygens (including phenoxy) is 3. The molecule has 9 heteroatoms. The molecule has 0 fully saturated rings. The first-order valence-electron chi connectivity index (χ1n) is 8.04. The molecule has 2 aromatic rings. The summed E-state index contributed by atoms with van der Waals surface area (Å²) in [4.78, 5) is 21.3. The maximum absolute atomic E-state index is 11.1. The molecule has 28 heavy (non-hydrogen) atoms. The molecule has 1 amide bonds. The van der Waals surface area contributed by atoms with Crippen molar-refractivity contribution in [2.75, 3.05) is 20.3 Å². The van der Waals surface area contributed by atoms with E-state index in [2.05, 4.69) is 0 Å². The van der Waals surface area contributed by atoms with Gasteiger partial charge in [-0.3, -0.25) is 14.9 Å². The van der Waals surface area contributed by atoms with Gasteiger partial charge in [0, 0.05) is 12.1 Å². The molecule has 0 spiro atoms. The molecular weight excluding hydrogens is 366 g/mol. The lowest BCUT2D eigenvalue weighted by Crippen LogP contribution is -2.12. The first-order chi connectivity index (χ1) is 13.4. The van der Waals surface area contributed by atoms with E-state index < -0.39 is 10.8 Å². The largest absolute Gasteiger partial charge is 0.493 e. The lowest BCUT2D eigenvalue weighted by Gasteiger charge is -2.12. The van der Waals surface area contributed by atoms with Crippen molar-refractivity contribution in [1.29, 1.82) is 5.26 Å². The summed E-state index contributed by atoms with van der Waals surface area (Å²) in [5.41, 5.74) is 5.48. The van der Waals surface area contributed by atoms with Crippen molar-refractivity contribution in [2.45, 2.75) is 0 Å². The number of hydrogen-bond acceptors (Lipinski definition) is 7. The molecule has 0 saturated heterocycles. The van der Waals surface area contributed by atoms with Gasteiger partial charge in [0.2, 0.25) is 0 Å². The number of nitro groups is 1. The molecule has 0 heterocycles. The predicted octanol–water partition coefficient (Wildman–Crippen LogP) is 2.45. The smallest absolute Gasteiger partial charge is 0.269 e. The van der Waals surface area contributed by atoms with E-state index in [1.807, 2.05) is 0 Å². The van der Waals surface area contributed by atoms with Crippen LogP contribution in [0.1, 0.15) is 5.56 Å². The van der Waals surface area contributed by atoms with Crippen molar-refractivity contribution in [3.8, 4) is 23.3 Å². The van der Waals surface area contributed by atoms with Crippen LogP contribution >= 0.6 is 0 Å². The van der Waals surface area contributed by atoms with E-state index in [1.165, 1.54) is 37.5 Å². The summed E-state index contributed by atoms with van der Waals surface area (Å²) < 4.78 is 16.3. The Morgan fingerprint density at radius 3 is 2.43 bits per heavy atom. The maximum atomic E-state index is 11.1. The number of nitriles is 1. The fraction of sp³-hybridized carbons (Fsp3) is 0.158. The number of nitrogens with two attached hydrogens (primary N) is 1. The molecule has 2 rings (SSSR count). The highest BCUT2D eigenvalue weighted by Gasteiger charge is 2.09. The number of non-ortho nitro benzene ring substituents is 1. The Hall–Kier alpha value is -4.06. The minimum atomic E-state index is -0.815. The van der Waals surface area contributed by atoms with Crippen molar-refractivity contribution in [2.24, 2.45) is 5.73 Å². The van der Waals surface area contributed by atoms with Crippen molar-refractivity contribution in [1.82, 2.24) is 0 Å². The van der Waals surface area contributed by atoms with Gasteiger partial charge in [-0.15, -0.1) is 0 Å². The van der Waals surface area contributed by atoms with Crippen LogP contribution in [0.4, 0.5) is 5.69 Å². The molecule has 0 bridgehead atoms. The molecule has 2 N–H and O–H groups in total. The third kappa shape index (κ3) is 5.47. The van der Waals surface area contributed by atoms with E-state index in [9.17, 15) is 14.9 Å². The van der Waals surface area contributed by atoms with Crippen LogP contribution in [0.2, 0.25) is 0 Å². The molecule has 0 saturated carbocycles. The molecule has 0 aliphatic carbocycles. The number of carbonyl (C=O) groups excluding carboxylic acids is 1. The van der Waals surface area contributed by atoms with Gasteiger partial charge in [0.15, 0.2) is 11.5 Å². The Bertz CT molecular complexity index is 932. The van der Waals surface area contributed by atoms with Gasteiger partial charge in [-0.2, -0.15) is 5.26 Å². The van der Waals surface area contributed by atoms with Crippen LogP contribution in [-0.2, 0) is 4.79 Å². The summed E-state index contributed by atoms with van der Waals surface area (Å²) in [5.74, 6) is 0.526. The highest BCUT2D eigenvalue weighted by atomic mass is 16.6. The van der Waals surface area contributed by atoms with E-state index >= 15 is 0 Å². The zero-order valence-corrected chi connectivity index (χ0v) is 15.0. The number of carbonyl (C=O) groups is 1. The van der Waals surface area contributed by atoms with Crippen LogP contribution in [0.15, 0.2) is 48.0 Å². The minimum Gasteiger partial charge on any atom is -0.493 e. The maximum Gasteiger partial charge on any atom is 0.269 e. The van der Waals surface area contributed by atoms with Gasteiger partial charge < -0.3 is 19.9 Å². The molecular formula is C19H17N3O6. The first kappa shape index (κ1) is 20.3. The summed E-state index contributed by atoms with van der Waals surface area (Å²) in [7, 11) is 1.46. The normalized spacial score (nSPS) is 10.6. The number of primary amides is 1. The van der Waals surface area contributed by atoms with Gasteiger partial charge in [0.1, 0.15) is 30.6 Å². The van der Waals surface area contributed by atoms with Crippen LogP contribution in [-0.4, -0.2) is 31.2 Å². The van der Waals surface area contributed by atoms with E-state index in [1.54, 1.807) is 24.3 Å². The van der Waals surface area contributed by atoms with Crippen molar-refractivity contribution in [3.05, 3.63) is 63.7 Å².